The van der Waals surface area contributed by atoms with Crippen LogP contribution in [0, 0.1) is 13.7 Å². The van der Waals surface area contributed by atoms with Gasteiger partial charge in [-0.05, 0) is 59.0 Å². The van der Waals surface area contributed by atoms with Crippen LogP contribution < -0.4 is 10.9 Å². The number of nitro groups is 1. The number of aromatic nitrogens is 1. The second kappa shape index (κ2) is 7.34. The Morgan fingerprint density at radius 3 is 2.64 bits per heavy atom. The van der Waals surface area contributed by atoms with E-state index in [1.54, 1.807) is 35.0 Å². The van der Waals surface area contributed by atoms with Gasteiger partial charge in [0.05, 0.1) is 4.92 Å². The van der Waals surface area contributed by atoms with Crippen LogP contribution in [0.25, 0.3) is 5.69 Å². The number of hydrazine groups is 1. The van der Waals surface area contributed by atoms with Gasteiger partial charge >= 0.3 is 0 Å². The highest BCUT2D eigenvalue weighted by atomic mass is 127. The van der Waals surface area contributed by atoms with Crippen LogP contribution in [0.2, 0.25) is 0 Å². The first-order valence-electron chi connectivity index (χ1n) is 7.29. The van der Waals surface area contributed by atoms with E-state index in [2.05, 4.69) is 33.4 Å². The fraction of sp³-hybridized carbons (Fsp3) is 0. The normalized spacial score (nSPS) is 10.3. The summed E-state index contributed by atoms with van der Waals surface area (Å²) in [5.41, 5.74) is 6.49. The highest BCUT2D eigenvalue weighted by molar-refractivity contribution is 14.1. The lowest BCUT2D eigenvalue weighted by atomic mass is 10.3. The molecule has 2 N–H and O–H groups in total. The van der Waals surface area contributed by atoms with Crippen LogP contribution in [-0.2, 0) is 0 Å². The molecule has 0 aliphatic rings. The number of carbonyl (C=O) groups excluding carboxylic acids is 1. The number of carbonyl (C=O) groups is 1. The maximum atomic E-state index is 12.5. The zero-order chi connectivity index (χ0) is 17.8. The van der Waals surface area contributed by atoms with Crippen molar-refractivity contribution in [1.82, 2.24) is 9.99 Å². The molecule has 7 nitrogen and oxygen atoms in total. The van der Waals surface area contributed by atoms with Crippen LogP contribution in [-0.4, -0.2) is 15.4 Å². The molecule has 1 heterocycles. The fourth-order valence-electron chi connectivity index (χ4n) is 2.34. The fourth-order valence-corrected chi connectivity index (χ4v) is 2.87. The molecule has 0 atom stereocenters. The van der Waals surface area contributed by atoms with Crippen LogP contribution in [0.1, 0.15) is 10.5 Å². The van der Waals surface area contributed by atoms with Crippen molar-refractivity contribution in [2.45, 2.75) is 0 Å². The third kappa shape index (κ3) is 3.79. The maximum absolute atomic E-state index is 12.5. The minimum Gasteiger partial charge on any atom is -0.312 e. The van der Waals surface area contributed by atoms with Gasteiger partial charge in [0.2, 0.25) is 0 Å². The monoisotopic (exact) mass is 448 g/mol. The number of benzene rings is 2. The van der Waals surface area contributed by atoms with Gasteiger partial charge in [-0.15, -0.1) is 0 Å². The number of para-hydroxylation sites is 2. The van der Waals surface area contributed by atoms with Crippen LogP contribution in [0.15, 0.2) is 66.9 Å². The number of rotatable bonds is 5. The first-order chi connectivity index (χ1) is 12.1. The van der Waals surface area contributed by atoms with Crippen LogP contribution in [0.5, 0.6) is 0 Å². The van der Waals surface area contributed by atoms with Gasteiger partial charge in [0.15, 0.2) is 0 Å². The molecule has 0 fully saturated rings. The average molecular weight is 448 g/mol. The van der Waals surface area contributed by atoms with Crippen molar-refractivity contribution in [2.24, 2.45) is 0 Å². The predicted molar refractivity (Wildman–Crippen MR) is 103 cm³/mol. The van der Waals surface area contributed by atoms with Crippen molar-refractivity contribution in [3.05, 3.63) is 86.2 Å². The molecule has 25 heavy (non-hydrogen) atoms. The van der Waals surface area contributed by atoms with Crippen LogP contribution in [0.3, 0.4) is 0 Å². The highest BCUT2D eigenvalue weighted by Crippen LogP contribution is 2.22. The lowest BCUT2D eigenvalue weighted by Crippen LogP contribution is -2.31. The minimum absolute atomic E-state index is 0.115. The molecule has 2 aromatic carbocycles. The molecule has 3 rings (SSSR count). The van der Waals surface area contributed by atoms with Crippen molar-refractivity contribution < 1.29 is 9.72 Å². The Kier molecular flexibility index (Phi) is 4.98. The lowest BCUT2D eigenvalue weighted by Gasteiger charge is -2.12. The molecule has 0 aliphatic heterocycles. The number of amides is 1. The lowest BCUT2D eigenvalue weighted by molar-refractivity contribution is -0.384. The molecule has 126 valence electrons. The third-order valence-corrected chi connectivity index (χ3v) is 4.15. The van der Waals surface area contributed by atoms with E-state index >= 15 is 0 Å². The Hall–Kier alpha value is -2.88. The first-order valence-corrected chi connectivity index (χ1v) is 8.37. The topological polar surface area (TPSA) is 89.2 Å². The molecular weight excluding hydrogens is 435 g/mol. The molecule has 3 aromatic rings. The largest absolute Gasteiger partial charge is 0.312 e. The molecule has 0 aliphatic carbocycles. The number of hydrogen-bond donors (Lipinski definition) is 2. The van der Waals surface area contributed by atoms with Crippen molar-refractivity contribution in [1.29, 1.82) is 0 Å². The second-order valence-electron chi connectivity index (χ2n) is 5.10. The Morgan fingerprint density at radius 2 is 1.88 bits per heavy atom. The SMILES string of the molecule is O=C(NNc1ccccc1[N+](=O)[O-])c1cccn1-c1cccc(I)c1. The molecule has 0 unspecified atom stereocenters. The summed E-state index contributed by atoms with van der Waals surface area (Å²) < 4.78 is 2.80. The number of nitrogens with one attached hydrogen (secondary N) is 2. The van der Waals surface area contributed by atoms with E-state index in [-0.39, 0.29) is 11.4 Å². The van der Waals surface area contributed by atoms with E-state index in [0.717, 1.165) is 9.26 Å². The van der Waals surface area contributed by atoms with Gasteiger partial charge in [0.25, 0.3) is 11.6 Å². The number of nitro benzene ring substituents is 1. The molecule has 0 spiro atoms. The summed E-state index contributed by atoms with van der Waals surface area (Å²) in [5, 5.41) is 11.0. The predicted octanol–water partition coefficient (Wildman–Crippen LogP) is 3.75. The summed E-state index contributed by atoms with van der Waals surface area (Å²) in [4.78, 5) is 23.0. The Balaban J connectivity index is 1.80. The summed E-state index contributed by atoms with van der Waals surface area (Å²) in [7, 11) is 0. The third-order valence-electron chi connectivity index (χ3n) is 3.48. The van der Waals surface area contributed by atoms with E-state index in [1.165, 1.54) is 12.1 Å². The van der Waals surface area contributed by atoms with Gasteiger partial charge in [-0.25, -0.2) is 0 Å². The van der Waals surface area contributed by atoms with E-state index < -0.39 is 10.8 Å². The number of nitrogens with zero attached hydrogens (tertiary/aromatic N) is 2. The Morgan fingerprint density at radius 1 is 1.08 bits per heavy atom. The van der Waals surface area contributed by atoms with E-state index in [1.807, 2.05) is 24.3 Å². The van der Waals surface area contributed by atoms with Gasteiger partial charge in [-0.2, -0.15) is 0 Å². The summed E-state index contributed by atoms with van der Waals surface area (Å²) >= 11 is 2.20. The summed E-state index contributed by atoms with van der Waals surface area (Å²) in [6.07, 6.45) is 1.78. The molecule has 0 saturated carbocycles. The molecule has 0 radical (unpaired) electrons. The Bertz CT molecular complexity index is 939. The summed E-state index contributed by atoms with van der Waals surface area (Å²) in [6, 6.07) is 17.3. The van der Waals surface area contributed by atoms with Crippen LogP contribution >= 0.6 is 22.6 Å². The highest BCUT2D eigenvalue weighted by Gasteiger charge is 2.15. The zero-order valence-corrected chi connectivity index (χ0v) is 15.0. The van der Waals surface area contributed by atoms with Crippen LogP contribution in [0.4, 0.5) is 11.4 Å². The molecule has 0 saturated heterocycles. The number of halogens is 1. The Labute approximate surface area is 156 Å². The molecule has 0 bridgehead atoms. The van der Waals surface area contributed by atoms with Crippen molar-refractivity contribution >= 4 is 39.9 Å². The minimum atomic E-state index is -0.511. The van der Waals surface area contributed by atoms with Crippen molar-refractivity contribution in [3.8, 4) is 5.69 Å². The van der Waals surface area contributed by atoms with E-state index in [0.29, 0.717) is 5.69 Å². The van der Waals surface area contributed by atoms with Gasteiger partial charge in [0, 0.05) is 21.5 Å². The molecule has 1 aromatic heterocycles. The second-order valence-corrected chi connectivity index (χ2v) is 6.34. The molecule has 1 amide bonds. The number of hydrogen-bond acceptors (Lipinski definition) is 4. The van der Waals surface area contributed by atoms with Gasteiger partial charge in [0.1, 0.15) is 11.4 Å². The maximum Gasteiger partial charge on any atom is 0.294 e. The first kappa shape index (κ1) is 17.0. The van der Waals surface area contributed by atoms with Gasteiger partial charge in [-0.1, -0.05) is 18.2 Å². The van der Waals surface area contributed by atoms with Gasteiger partial charge in [-0.3, -0.25) is 25.8 Å². The molecular formula is C17H13IN4O3. The van der Waals surface area contributed by atoms with E-state index in [9.17, 15) is 14.9 Å². The quantitative estimate of drug-likeness (QED) is 0.354. The summed E-state index contributed by atoms with van der Waals surface area (Å²) in [5.74, 6) is -0.401. The van der Waals surface area contributed by atoms with Gasteiger partial charge < -0.3 is 4.57 Å². The molecule has 8 heteroatoms. The number of anilines is 1. The van der Waals surface area contributed by atoms with Crippen molar-refractivity contribution in [3.63, 3.8) is 0 Å². The average Bonchev–Trinajstić information content (AvgIpc) is 3.09. The van der Waals surface area contributed by atoms with E-state index in [4.69, 9.17) is 0 Å². The van der Waals surface area contributed by atoms with Crippen molar-refractivity contribution in [2.75, 3.05) is 5.43 Å². The zero-order valence-electron chi connectivity index (χ0n) is 12.8. The summed E-state index contributed by atoms with van der Waals surface area (Å²) in [6.45, 7) is 0. The standard InChI is InChI=1S/C17H13IN4O3/c18-12-5-3-6-13(11-12)21-10-4-9-16(21)17(23)20-19-14-7-1-2-8-15(14)22(24)25/h1-11,19H,(H,20,23). The smallest absolute Gasteiger partial charge is 0.294 e.